The monoisotopic (exact) mass is 145 g/mol. The lowest BCUT2D eigenvalue weighted by Crippen LogP contribution is -2.11. The van der Waals surface area contributed by atoms with E-state index in [1.165, 1.54) is 0 Å². The number of rotatable bonds is 3. The molecule has 0 unspecified atom stereocenters. The average molecular weight is 145 g/mol. The molecule has 50 valence electrons. The maximum absolute atomic E-state index is 10.1. The Balaban J connectivity index is 3.41. The van der Waals surface area contributed by atoms with Gasteiger partial charge in [0.1, 0.15) is 5.40 Å². The summed E-state index contributed by atoms with van der Waals surface area (Å²) in [6.07, 6.45) is 0. The Labute approximate surface area is 57.7 Å². The minimum Gasteiger partial charge on any atom is -0.481 e. The number of carbonyl (C=O) groups is 1. The normalized spacial score (nSPS) is 12.0. The van der Waals surface area contributed by atoms with Crippen LogP contribution in [0, 0.1) is 16.6 Å². The van der Waals surface area contributed by atoms with Crippen molar-refractivity contribution in [1.82, 2.24) is 0 Å². The van der Waals surface area contributed by atoms with Crippen LogP contribution in [0.3, 0.4) is 0 Å². The van der Waals surface area contributed by atoms with Crippen LogP contribution in [-0.2, 0) is 4.79 Å². The van der Waals surface area contributed by atoms with Gasteiger partial charge in [0.15, 0.2) is 0 Å². The van der Waals surface area contributed by atoms with Gasteiger partial charge in [-0.3, -0.25) is 4.79 Å². The maximum Gasteiger partial charge on any atom is 0.307 e. The highest BCUT2D eigenvalue weighted by Crippen LogP contribution is 2.05. The molecule has 0 fully saturated rings. The molecule has 0 radical (unpaired) electrons. The quantitative estimate of drug-likeness (QED) is 0.600. The molecule has 0 aromatic carbocycles. The standard InChI is InChI=1S/C5H7NO2S/c1-4(5(7)8)2-9-3-6/h4H,2H2,1H3,(H,7,8)/t4-/m1/s1. The number of carboxylic acids is 1. The van der Waals surface area contributed by atoms with Crippen LogP contribution in [0.25, 0.3) is 0 Å². The van der Waals surface area contributed by atoms with Crippen molar-refractivity contribution in [2.45, 2.75) is 6.92 Å². The summed E-state index contributed by atoms with van der Waals surface area (Å²) in [7, 11) is 0. The van der Waals surface area contributed by atoms with E-state index in [2.05, 4.69) is 0 Å². The fraction of sp³-hybridized carbons (Fsp3) is 0.600. The molecule has 3 nitrogen and oxygen atoms in total. The summed E-state index contributed by atoms with van der Waals surface area (Å²) in [6, 6.07) is 0. The lowest BCUT2D eigenvalue weighted by atomic mass is 10.2. The number of nitrogens with zero attached hydrogens (tertiary/aromatic N) is 1. The Hall–Kier alpha value is -0.690. The van der Waals surface area contributed by atoms with Gasteiger partial charge in [-0.1, -0.05) is 6.92 Å². The number of nitriles is 1. The van der Waals surface area contributed by atoms with Crippen LogP contribution < -0.4 is 0 Å². The molecule has 0 aromatic heterocycles. The molecule has 0 saturated heterocycles. The number of hydrogen-bond donors (Lipinski definition) is 1. The van der Waals surface area contributed by atoms with Crippen molar-refractivity contribution in [2.75, 3.05) is 5.75 Å². The molecule has 1 atom stereocenters. The summed E-state index contributed by atoms with van der Waals surface area (Å²) in [5, 5.41) is 18.1. The molecule has 0 aromatic rings. The first kappa shape index (κ1) is 8.31. The van der Waals surface area contributed by atoms with E-state index >= 15 is 0 Å². The lowest BCUT2D eigenvalue weighted by Gasteiger charge is -1.98. The Kier molecular flexibility index (Phi) is 3.89. The zero-order valence-electron chi connectivity index (χ0n) is 5.00. The van der Waals surface area contributed by atoms with Gasteiger partial charge < -0.3 is 5.11 Å². The van der Waals surface area contributed by atoms with E-state index in [1.54, 1.807) is 12.3 Å². The van der Waals surface area contributed by atoms with E-state index < -0.39 is 11.9 Å². The van der Waals surface area contributed by atoms with Gasteiger partial charge in [-0.2, -0.15) is 5.26 Å². The minimum absolute atomic E-state index is 0.367. The maximum atomic E-state index is 10.1. The average Bonchev–Trinajstić information content (AvgIpc) is 1.82. The van der Waals surface area contributed by atoms with Crippen molar-refractivity contribution in [3.8, 4) is 5.40 Å². The van der Waals surface area contributed by atoms with E-state index in [1.807, 2.05) is 0 Å². The first-order chi connectivity index (χ1) is 4.18. The Bertz CT molecular complexity index is 140. The van der Waals surface area contributed by atoms with Crippen molar-refractivity contribution in [1.29, 1.82) is 5.26 Å². The number of aliphatic carboxylic acids is 1. The van der Waals surface area contributed by atoms with Gasteiger partial charge >= 0.3 is 5.97 Å². The van der Waals surface area contributed by atoms with Gasteiger partial charge in [0.2, 0.25) is 0 Å². The summed E-state index contributed by atoms with van der Waals surface area (Å²) in [4.78, 5) is 10.1. The van der Waals surface area contributed by atoms with Crippen molar-refractivity contribution < 1.29 is 9.90 Å². The second-order valence-electron chi connectivity index (χ2n) is 1.64. The molecule has 0 aliphatic rings. The summed E-state index contributed by atoms with van der Waals surface area (Å²) in [6.45, 7) is 1.58. The van der Waals surface area contributed by atoms with Crippen molar-refractivity contribution in [3.05, 3.63) is 0 Å². The summed E-state index contributed by atoms with van der Waals surface area (Å²) in [5.74, 6) is -0.904. The third-order valence-electron chi connectivity index (χ3n) is 0.819. The molecule has 0 heterocycles. The molecule has 9 heavy (non-hydrogen) atoms. The van der Waals surface area contributed by atoms with E-state index in [4.69, 9.17) is 10.4 Å². The second kappa shape index (κ2) is 4.21. The predicted molar refractivity (Wildman–Crippen MR) is 34.9 cm³/mol. The van der Waals surface area contributed by atoms with Crippen LogP contribution in [0.2, 0.25) is 0 Å². The van der Waals surface area contributed by atoms with Gasteiger partial charge in [-0.15, -0.1) is 0 Å². The third-order valence-corrected chi connectivity index (χ3v) is 1.62. The van der Waals surface area contributed by atoms with Crippen molar-refractivity contribution in [2.24, 2.45) is 5.92 Å². The van der Waals surface area contributed by atoms with Crippen LogP contribution >= 0.6 is 11.8 Å². The molecule has 0 amide bonds. The van der Waals surface area contributed by atoms with E-state index in [9.17, 15) is 4.79 Å². The minimum atomic E-state index is -0.849. The van der Waals surface area contributed by atoms with Gasteiger partial charge in [-0.05, 0) is 11.8 Å². The van der Waals surface area contributed by atoms with Crippen LogP contribution in [0.15, 0.2) is 0 Å². The van der Waals surface area contributed by atoms with Gasteiger partial charge in [0.25, 0.3) is 0 Å². The summed E-state index contributed by atoms with van der Waals surface area (Å²) < 4.78 is 0. The van der Waals surface area contributed by atoms with Crippen LogP contribution in [0.5, 0.6) is 0 Å². The van der Waals surface area contributed by atoms with Crippen LogP contribution in [-0.4, -0.2) is 16.8 Å². The highest BCUT2D eigenvalue weighted by Gasteiger charge is 2.09. The number of hydrogen-bond acceptors (Lipinski definition) is 3. The summed E-state index contributed by atoms with van der Waals surface area (Å²) >= 11 is 0.969. The molecule has 0 aliphatic carbocycles. The second-order valence-corrected chi connectivity index (χ2v) is 2.45. The summed E-state index contributed by atoms with van der Waals surface area (Å²) in [5.41, 5.74) is 0. The van der Waals surface area contributed by atoms with E-state index in [-0.39, 0.29) is 0 Å². The molecule has 0 spiro atoms. The lowest BCUT2D eigenvalue weighted by molar-refractivity contribution is -0.140. The third kappa shape index (κ3) is 3.86. The fourth-order valence-electron chi connectivity index (χ4n) is 0.234. The smallest absolute Gasteiger partial charge is 0.307 e. The Morgan fingerprint density at radius 1 is 2.00 bits per heavy atom. The van der Waals surface area contributed by atoms with E-state index in [0.717, 1.165) is 11.8 Å². The van der Waals surface area contributed by atoms with Gasteiger partial charge in [0.05, 0.1) is 5.92 Å². The van der Waals surface area contributed by atoms with Gasteiger partial charge in [-0.25, -0.2) is 0 Å². The Morgan fingerprint density at radius 3 is 2.89 bits per heavy atom. The highest BCUT2D eigenvalue weighted by atomic mass is 32.2. The number of thioether (sulfide) groups is 1. The SMILES string of the molecule is C[C@H](CSC#N)C(=O)O. The molecule has 0 rings (SSSR count). The largest absolute Gasteiger partial charge is 0.481 e. The zero-order valence-corrected chi connectivity index (χ0v) is 5.81. The number of thiocyanates is 1. The van der Waals surface area contributed by atoms with Crippen molar-refractivity contribution >= 4 is 17.7 Å². The van der Waals surface area contributed by atoms with E-state index in [0.29, 0.717) is 5.75 Å². The molecule has 0 aliphatic heterocycles. The predicted octanol–water partition coefficient (Wildman–Crippen LogP) is 0.921. The van der Waals surface area contributed by atoms with Gasteiger partial charge in [0, 0.05) is 5.75 Å². The Morgan fingerprint density at radius 2 is 2.56 bits per heavy atom. The fourth-order valence-corrected chi connectivity index (χ4v) is 0.701. The zero-order chi connectivity index (χ0) is 7.28. The topological polar surface area (TPSA) is 61.1 Å². The molecule has 1 N–H and O–H groups in total. The number of carboxylic acid groups (broad SMARTS) is 1. The molecular formula is C5H7NO2S. The highest BCUT2D eigenvalue weighted by molar-refractivity contribution is 8.03. The molecule has 4 heteroatoms. The van der Waals surface area contributed by atoms with Crippen molar-refractivity contribution in [3.63, 3.8) is 0 Å². The molecule has 0 bridgehead atoms. The first-order valence-electron chi connectivity index (χ1n) is 2.42. The van der Waals surface area contributed by atoms with Crippen LogP contribution in [0.1, 0.15) is 6.92 Å². The first-order valence-corrected chi connectivity index (χ1v) is 3.40. The van der Waals surface area contributed by atoms with Crippen LogP contribution in [0.4, 0.5) is 0 Å². The molecular weight excluding hydrogens is 138 g/mol. The molecule has 0 saturated carbocycles.